The predicted molar refractivity (Wildman–Crippen MR) is 123 cm³/mol. The third kappa shape index (κ3) is 5.39. The summed E-state index contributed by atoms with van der Waals surface area (Å²) in [4.78, 5) is 43.8. The van der Waals surface area contributed by atoms with Gasteiger partial charge in [0, 0.05) is 57.1 Å². The monoisotopic (exact) mass is 476 g/mol. The van der Waals surface area contributed by atoms with Crippen molar-refractivity contribution in [3.05, 3.63) is 46.9 Å². The highest BCUT2D eigenvalue weighted by molar-refractivity contribution is 5.95. The molecule has 0 saturated carbocycles. The van der Waals surface area contributed by atoms with Gasteiger partial charge in [-0.3, -0.25) is 14.6 Å². The number of amides is 3. The van der Waals surface area contributed by atoms with Crippen LogP contribution in [0.1, 0.15) is 32.4 Å². The molecule has 3 amide bonds. The molecule has 0 radical (unpaired) electrons. The van der Waals surface area contributed by atoms with Crippen molar-refractivity contribution in [2.24, 2.45) is 0 Å². The zero-order valence-corrected chi connectivity index (χ0v) is 20.2. The Bertz CT molecular complexity index is 953. The third-order valence-corrected chi connectivity index (χ3v) is 6.14. The zero-order valence-electron chi connectivity index (χ0n) is 20.2. The molecule has 0 unspecified atom stereocenters. The average Bonchev–Trinajstić information content (AvgIpc) is 2.79. The quantitative estimate of drug-likeness (QED) is 0.577. The molecule has 1 aromatic rings. The van der Waals surface area contributed by atoms with E-state index in [2.05, 4.69) is 10.2 Å². The summed E-state index contributed by atoms with van der Waals surface area (Å²) in [6, 6.07) is 4.64. The van der Waals surface area contributed by atoms with Gasteiger partial charge in [0.05, 0.1) is 18.2 Å². The summed E-state index contributed by atoms with van der Waals surface area (Å²) in [6.45, 7) is 7.87. The van der Waals surface area contributed by atoms with Crippen LogP contribution in [0.2, 0.25) is 0 Å². The van der Waals surface area contributed by atoms with Crippen molar-refractivity contribution < 1.29 is 28.2 Å². The predicted octanol–water partition coefficient (Wildman–Crippen LogP) is 1.91. The van der Waals surface area contributed by atoms with E-state index in [1.165, 1.54) is 18.1 Å². The van der Waals surface area contributed by atoms with E-state index in [9.17, 15) is 18.8 Å². The van der Waals surface area contributed by atoms with Crippen molar-refractivity contribution in [1.29, 1.82) is 0 Å². The molecular formula is C24H33FN4O5. The van der Waals surface area contributed by atoms with E-state index in [1.54, 1.807) is 30.0 Å². The number of urea groups is 1. The summed E-state index contributed by atoms with van der Waals surface area (Å²) in [5, 5.41) is 2.78. The van der Waals surface area contributed by atoms with Crippen LogP contribution >= 0.6 is 0 Å². The molecule has 0 aliphatic carbocycles. The smallest absolute Gasteiger partial charge is 0.338 e. The number of carbonyl (C=O) groups is 3. The van der Waals surface area contributed by atoms with Crippen molar-refractivity contribution in [1.82, 2.24) is 20.0 Å². The molecule has 34 heavy (non-hydrogen) atoms. The van der Waals surface area contributed by atoms with Crippen LogP contribution in [-0.2, 0) is 19.1 Å². The van der Waals surface area contributed by atoms with Crippen LogP contribution in [0.15, 0.2) is 35.5 Å². The minimum atomic E-state index is -0.965. The molecule has 2 atom stereocenters. The molecule has 9 nitrogen and oxygen atoms in total. The van der Waals surface area contributed by atoms with Crippen LogP contribution < -0.4 is 5.32 Å². The van der Waals surface area contributed by atoms with Crippen LogP contribution in [0.4, 0.5) is 9.18 Å². The highest BCUT2D eigenvalue weighted by atomic mass is 19.1. The lowest BCUT2D eigenvalue weighted by Gasteiger charge is -2.42. The van der Waals surface area contributed by atoms with Crippen LogP contribution in [-0.4, -0.2) is 91.7 Å². The maximum absolute atomic E-state index is 14.7. The highest BCUT2D eigenvalue weighted by Gasteiger charge is 2.40. The number of ether oxygens (including phenoxy) is 2. The topological polar surface area (TPSA) is 91.4 Å². The van der Waals surface area contributed by atoms with Gasteiger partial charge in [0.2, 0.25) is 5.91 Å². The number of piperazine rings is 1. The number of nitrogens with zero attached hydrogens (tertiary/aromatic N) is 3. The fourth-order valence-electron chi connectivity index (χ4n) is 4.57. The molecule has 1 N–H and O–H groups in total. The van der Waals surface area contributed by atoms with Gasteiger partial charge in [0.1, 0.15) is 12.4 Å². The third-order valence-electron chi connectivity index (χ3n) is 6.14. The number of hydrogen-bond donors (Lipinski definition) is 1. The molecule has 2 aliphatic heterocycles. The zero-order chi connectivity index (χ0) is 24.8. The SMILES string of the molecule is CCOC(=O)C1=C(CN2CCN(C(=O)COC)[C@@H](C)C2)N(CC)C(=O)N[C@@H]1c1ccccc1F. The number of likely N-dealkylation sites (N-methyl/N-ethyl adjacent to an activating group) is 1. The van der Waals surface area contributed by atoms with Gasteiger partial charge in [-0.1, -0.05) is 18.2 Å². The van der Waals surface area contributed by atoms with Gasteiger partial charge in [-0.05, 0) is 26.8 Å². The van der Waals surface area contributed by atoms with E-state index < -0.39 is 23.9 Å². The Hall–Kier alpha value is -2.98. The minimum Gasteiger partial charge on any atom is -0.463 e. The molecule has 186 valence electrons. The van der Waals surface area contributed by atoms with Gasteiger partial charge < -0.3 is 19.7 Å². The second-order valence-corrected chi connectivity index (χ2v) is 8.33. The number of halogens is 1. The second-order valence-electron chi connectivity index (χ2n) is 8.33. The van der Waals surface area contributed by atoms with Crippen LogP contribution in [0.3, 0.4) is 0 Å². The Kier molecular flexibility index (Phi) is 8.62. The van der Waals surface area contributed by atoms with Crippen molar-refractivity contribution in [3.8, 4) is 0 Å². The molecule has 0 spiro atoms. The molecule has 10 heteroatoms. The van der Waals surface area contributed by atoms with E-state index in [4.69, 9.17) is 9.47 Å². The Morgan fingerprint density at radius 2 is 1.94 bits per heavy atom. The summed E-state index contributed by atoms with van der Waals surface area (Å²) < 4.78 is 25.0. The summed E-state index contributed by atoms with van der Waals surface area (Å²) in [5.41, 5.74) is 0.913. The molecule has 0 aromatic heterocycles. The fourth-order valence-corrected chi connectivity index (χ4v) is 4.57. The Balaban J connectivity index is 1.98. The van der Waals surface area contributed by atoms with E-state index in [1.807, 2.05) is 13.8 Å². The number of nitrogens with one attached hydrogen (secondary N) is 1. The van der Waals surface area contributed by atoms with Gasteiger partial charge in [0.15, 0.2) is 0 Å². The van der Waals surface area contributed by atoms with Crippen LogP contribution in [0.25, 0.3) is 0 Å². The van der Waals surface area contributed by atoms with Gasteiger partial charge in [-0.15, -0.1) is 0 Å². The average molecular weight is 477 g/mol. The largest absolute Gasteiger partial charge is 0.463 e. The number of esters is 1. The lowest BCUT2D eigenvalue weighted by Crippen LogP contribution is -2.57. The van der Waals surface area contributed by atoms with E-state index in [-0.39, 0.29) is 42.8 Å². The van der Waals surface area contributed by atoms with Crippen molar-refractivity contribution in [2.75, 3.05) is 53.0 Å². The highest BCUT2D eigenvalue weighted by Crippen LogP contribution is 2.33. The molecule has 2 heterocycles. The number of rotatable bonds is 8. The number of methoxy groups -OCH3 is 1. The molecule has 1 aromatic carbocycles. The van der Waals surface area contributed by atoms with Crippen LogP contribution in [0.5, 0.6) is 0 Å². The summed E-state index contributed by atoms with van der Waals surface area (Å²) in [6.07, 6.45) is 0. The van der Waals surface area contributed by atoms with Crippen molar-refractivity contribution in [2.45, 2.75) is 32.9 Å². The van der Waals surface area contributed by atoms with Crippen molar-refractivity contribution in [3.63, 3.8) is 0 Å². The Morgan fingerprint density at radius 3 is 2.56 bits per heavy atom. The number of benzene rings is 1. The normalized spacial score (nSPS) is 21.5. The van der Waals surface area contributed by atoms with Gasteiger partial charge in [-0.25, -0.2) is 14.0 Å². The van der Waals surface area contributed by atoms with Crippen molar-refractivity contribution >= 4 is 17.9 Å². The van der Waals surface area contributed by atoms with Gasteiger partial charge in [-0.2, -0.15) is 0 Å². The first-order chi connectivity index (χ1) is 16.3. The Labute approximate surface area is 199 Å². The molecule has 2 aliphatic rings. The first-order valence-electron chi connectivity index (χ1n) is 11.6. The molecule has 0 bridgehead atoms. The maximum Gasteiger partial charge on any atom is 0.338 e. The summed E-state index contributed by atoms with van der Waals surface area (Å²) in [7, 11) is 1.49. The van der Waals surface area contributed by atoms with Crippen LogP contribution in [0, 0.1) is 5.82 Å². The summed E-state index contributed by atoms with van der Waals surface area (Å²) in [5.74, 6) is -1.18. The lowest BCUT2D eigenvalue weighted by molar-refractivity contribution is -0.139. The molecule has 1 fully saturated rings. The molecular weight excluding hydrogens is 443 g/mol. The second kappa shape index (κ2) is 11.4. The molecule has 1 saturated heterocycles. The summed E-state index contributed by atoms with van der Waals surface area (Å²) >= 11 is 0. The standard InChI is InChI=1S/C24H33FN4O5/c1-5-28-19(14-27-11-12-29(16(3)13-27)20(30)15-33-4)21(23(31)34-6-2)22(26-24(28)32)17-9-7-8-10-18(17)25/h7-10,16,22H,5-6,11-15H2,1-4H3,(H,26,32)/t16-,22+/m0/s1. The number of carbonyl (C=O) groups excluding carboxylic acids is 3. The van der Waals surface area contributed by atoms with Gasteiger partial charge >= 0.3 is 12.0 Å². The molecule has 3 rings (SSSR count). The first kappa shape index (κ1) is 25.6. The Morgan fingerprint density at radius 1 is 1.21 bits per heavy atom. The first-order valence-corrected chi connectivity index (χ1v) is 11.6. The number of hydrogen-bond acceptors (Lipinski definition) is 6. The maximum atomic E-state index is 14.7. The van der Waals surface area contributed by atoms with Gasteiger partial charge in [0.25, 0.3) is 0 Å². The van der Waals surface area contributed by atoms with E-state index in [0.29, 0.717) is 31.9 Å². The lowest BCUT2D eigenvalue weighted by atomic mass is 9.93. The minimum absolute atomic E-state index is 0.0244. The fraction of sp³-hybridized carbons (Fsp3) is 0.542. The van der Waals surface area contributed by atoms with E-state index >= 15 is 0 Å². The van der Waals surface area contributed by atoms with E-state index in [0.717, 1.165) is 0 Å².